The predicted octanol–water partition coefficient (Wildman–Crippen LogP) is 2.00. The summed E-state index contributed by atoms with van der Waals surface area (Å²) in [7, 11) is 0. The monoisotopic (exact) mass is 263 g/mol. The van der Waals surface area contributed by atoms with Gasteiger partial charge in [0.05, 0.1) is 6.61 Å². The summed E-state index contributed by atoms with van der Waals surface area (Å²) in [5.41, 5.74) is 0.829. The smallest absolute Gasteiger partial charge is 0.260 e. The highest BCUT2D eigenvalue weighted by molar-refractivity contribution is 5.81. The number of hydrogen-bond donors (Lipinski definition) is 2. The zero-order chi connectivity index (χ0) is 13.7. The molecule has 1 amide bonds. The molecular formula is C15H21NO3. The summed E-state index contributed by atoms with van der Waals surface area (Å²) in [5, 5.41) is 12.0. The zero-order valence-electron chi connectivity index (χ0n) is 11.3. The summed E-state index contributed by atoms with van der Waals surface area (Å²) >= 11 is 0. The van der Waals surface area contributed by atoms with E-state index in [1.165, 1.54) is 12.8 Å². The van der Waals surface area contributed by atoms with E-state index in [2.05, 4.69) is 5.32 Å². The Morgan fingerprint density at radius 2 is 2.00 bits per heavy atom. The van der Waals surface area contributed by atoms with E-state index < -0.39 is 6.10 Å². The maximum atomic E-state index is 12.0. The molecule has 1 fully saturated rings. The highest BCUT2D eigenvalue weighted by Gasteiger charge is 2.21. The van der Waals surface area contributed by atoms with Crippen molar-refractivity contribution < 1.29 is 14.6 Å². The Morgan fingerprint density at radius 1 is 1.37 bits per heavy atom. The second kappa shape index (κ2) is 6.57. The topological polar surface area (TPSA) is 58.6 Å². The minimum absolute atomic E-state index is 0.0119. The molecule has 4 heteroatoms. The summed E-state index contributed by atoms with van der Waals surface area (Å²) in [6.07, 6.45) is 4.04. The number of aliphatic hydroxyl groups is 1. The molecule has 19 heavy (non-hydrogen) atoms. The van der Waals surface area contributed by atoms with Gasteiger partial charge in [0.15, 0.2) is 6.10 Å². The molecule has 2 N–H and O–H groups in total. The van der Waals surface area contributed by atoms with Crippen molar-refractivity contribution in [1.82, 2.24) is 5.32 Å². The summed E-state index contributed by atoms with van der Waals surface area (Å²) in [4.78, 5) is 12.0. The first-order valence-electron chi connectivity index (χ1n) is 6.86. The van der Waals surface area contributed by atoms with Gasteiger partial charge in [0.2, 0.25) is 0 Å². The van der Waals surface area contributed by atoms with Crippen molar-refractivity contribution in [3.8, 4) is 5.75 Å². The minimum Gasteiger partial charge on any atom is -0.481 e. The largest absolute Gasteiger partial charge is 0.481 e. The van der Waals surface area contributed by atoms with Crippen LogP contribution in [0.4, 0.5) is 0 Å². The van der Waals surface area contributed by atoms with Crippen molar-refractivity contribution in [2.45, 2.75) is 51.4 Å². The second-order valence-corrected chi connectivity index (χ2v) is 5.05. The fourth-order valence-corrected chi connectivity index (χ4v) is 2.32. The van der Waals surface area contributed by atoms with Crippen molar-refractivity contribution >= 4 is 5.91 Å². The standard InChI is InChI=1S/C15H21NO3/c1-11(15(18)16-13-4-2-3-5-13)19-14-8-6-12(10-17)7-9-14/h6-9,11,13,17H,2-5,10H2,1H3,(H,16,18). The van der Waals surface area contributed by atoms with Crippen LogP contribution in [0.1, 0.15) is 38.2 Å². The van der Waals surface area contributed by atoms with Gasteiger partial charge >= 0.3 is 0 Å². The summed E-state index contributed by atoms with van der Waals surface area (Å²) in [6.45, 7) is 1.77. The van der Waals surface area contributed by atoms with Gasteiger partial charge in [-0.1, -0.05) is 25.0 Å². The van der Waals surface area contributed by atoms with Crippen molar-refractivity contribution in [3.63, 3.8) is 0 Å². The Morgan fingerprint density at radius 3 is 2.58 bits per heavy atom. The van der Waals surface area contributed by atoms with E-state index in [-0.39, 0.29) is 12.5 Å². The molecule has 0 spiro atoms. The number of rotatable bonds is 5. The van der Waals surface area contributed by atoms with Crippen molar-refractivity contribution in [3.05, 3.63) is 29.8 Å². The number of hydrogen-bond acceptors (Lipinski definition) is 3. The van der Waals surface area contributed by atoms with Gasteiger partial charge in [-0.15, -0.1) is 0 Å². The van der Waals surface area contributed by atoms with Crippen LogP contribution in [-0.2, 0) is 11.4 Å². The van der Waals surface area contributed by atoms with E-state index in [1.807, 2.05) is 0 Å². The average molecular weight is 263 g/mol. The van der Waals surface area contributed by atoms with E-state index in [9.17, 15) is 4.79 Å². The van der Waals surface area contributed by atoms with Crippen molar-refractivity contribution in [2.75, 3.05) is 0 Å². The summed E-state index contributed by atoms with van der Waals surface area (Å²) in [6, 6.07) is 7.43. The Kier molecular flexibility index (Phi) is 4.80. The molecule has 1 aliphatic carbocycles. The number of amides is 1. The van der Waals surface area contributed by atoms with Crippen LogP contribution in [-0.4, -0.2) is 23.2 Å². The van der Waals surface area contributed by atoms with Crippen LogP contribution < -0.4 is 10.1 Å². The molecule has 0 bridgehead atoms. The molecular weight excluding hydrogens is 242 g/mol. The third-order valence-corrected chi connectivity index (χ3v) is 3.49. The van der Waals surface area contributed by atoms with E-state index >= 15 is 0 Å². The second-order valence-electron chi connectivity index (χ2n) is 5.05. The van der Waals surface area contributed by atoms with Gasteiger partial charge in [-0.3, -0.25) is 4.79 Å². The molecule has 1 unspecified atom stereocenters. The van der Waals surface area contributed by atoms with Gasteiger partial charge in [0.1, 0.15) is 5.75 Å². The van der Waals surface area contributed by atoms with Crippen LogP contribution in [0.3, 0.4) is 0 Å². The Balaban J connectivity index is 1.84. The van der Waals surface area contributed by atoms with Gasteiger partial charge in [-0.2, -0.15) is 0 Å². The molecule has 0 aliphatic heterocycles. The minimum atomic E-state index is -0.499. The number of carbonyl (C=O) groups is 1. The number of ether oxygens (including phenoxy) is 1. The first-order chi connectivity index (χ1) is 9.19. The third-order valence-electron chi connectivity index (χ3n) is 3.49. The normalized spacial score (nSPS) is 17.2. The summed E-state index contributed by atoms with van der Waals surface area (Å²) < 4.78 is 5.59. The lowest BCUT2D eigenvalue weighted by Crippen LogP contribution is -2.41. The fraction of sp³-hybridized carbons (Fsp3) is 0.533. The molecule has 0 aromatic heterocycles. The Labute approximate surface area is 113 Å². The van der Waals surface area contributed by atoms with Gasteiger partial charge in [0.25, 0.3) is 5.91 Å². The molecule has 1 aromatic rings. The van der Waals surface area contributed by atoms with Gasteiger partial charge in [0, 0.05) is 6.04 Å². The first kappa shape index (κ1) is 13.9. The van der Waals surface area contributed by atoms with Crippen LogP contribution >= 0.6 is 0 Å². The quantitative estimate of drug-likeness (QED) is 0.854. The fourth-order valence-electron chi connectivity index (χ4n) is 2.32. The Bertz CT molecular complexity index is 410. The molecule has 1 atom stereocenters. The maximum absolute atomic E-state index is 12.0. The van der Waals surface area contributed by atoms with E-state index in [0.717, 1.165) is 18.4 Å². The van der Waals surface area contributed by atoms with Gasteiger partial charge < -0.3 is 15.2 Å². The van der Waals surface area contributed by atoms with Gasteiger partial charge in [-0.25, -0.2) is 0 Å². The lowest BCUT2D eigenvalue weighted by Gasteiger charge is -2.18. The van der Waals surface area contributed by atoms with E-state index in [4.69, 9.17) is 9.84 Å². The lowest BCUT2D eigenvalue weighted by molar-refractivity contribution is -0.127. The number of nitrogens with one attached hydrogen (secondary N) is 1. The zero-order valence-corrected chi connectivity index (χ0v) is 11.3. The molecule has 0 saturated heterocycles. The SMILES string of the molecule is CC(Oc1ccc(CO)cc1)C(=O)NC1CCCC1. The van der Waals surface area contributed by atoms with Gasteiger partial charge in [-0.05, 0) is 37.5 Å². The molecule has 0 heterocycles. The number of carbonyl (C=O) groups excluding carboxylic acids is 1. The molecule has 4 nitrogen and oxygen atoms in total. The van der Waals surface area contributed by atoms with Crippen LogP contribution in [0.25, 0.3) is 0 Å². The lowest BCUT2D eigenvalue weighted by atomic mass is 10.2. The molecule has 0 radical (unpaired) electrons. The number of benzene rings is 1. The number of aliphatic hydroxyl groups excluding tert-OH is 1. The molecule has 1 saturated carbocycles. The van der Waals surface area contributed by atoms with Crippen LogP contribution in [0.2, 0.25) is 0 Å². The predicted molar refractivity (Wildman–Crippen MR) is 72.9 cm³/mol. The first-order valence-corrected chi connectivity index (χ1v) is 6.86. The molecule has 2 rings (SSSR count). The molecule has 1 aromatic carbocycles. The highest BCUT2D eigenvalue weighted by Crippen LogP contribution is 2.18. The Hall–Kier alpha value is -1.55. The molecule has 104 valence electrons. The highest BCUT2D eigenvalue weighted by atomic mass is 16.5. The van der Waals surface area contributed by atoms with Crippen LogP contribution in [0.5, 0.6) is 5.75 Å². The molecule has 1 aliphatic rings. The average Bonchev–Trinajstić information content (AvgIpc) is 2.92. The summed E-state index contributed by atoms with van der Waals surface area (Å²) in [5.74, 6) is 0.587. The van der Waals surface area contributed by atoms with Crippen LogP contribution in [0.15, 0.2) is 24.3 Å². The van der Waals surface area contributed by atoms with Crippen LogP contribution in [0, 0.1) is 0 Å². The van der Waals surface area contributed by atoms with E-state index in [0.29, 0.717) is 11.8 Å². The van der Waals surface area contributed by atoms with Crippen molar-refractivity contribution in [1.29, 1.82) is 0 Å². The van der Waals surface area contributed by atoms with Crippen molar-refractivity contribution in [2.24, 2.45) is 0 Å². The maximum Gasteiger partial charge on any atom is 0.260 e. The third kappa shape index (κ3) is 3.96. The van der Waals surface area contributed by atoms with E-state index in [1.54, 1.807) is 31.2 Å².